The molecule has 2 aromatic carbocycles. The molecule has 1 heterocycles. The number of benzene rings is 2. The van der Waals surface area contributed by atoms with E-state index in [1.165, 1.54) is 0 Å². The number of ether oxygens (including phenoxy) is 1. The third kappa shape index (κ3) is 2.47. The summed E-state index contributed by atoms with van der Waals surface area (Å²) in [5.74, 6) is 0.495. The number of hydrogen-bond acceptors (Lipinski definition) is 2. The van der Waals surface area contributed by atoms with Crippen LogP contribution in [0, 0.1) is 0 Å². The fourth-order valence-electron chi connectivity index (χ4n) is 2.15. The van der Waals surface area contributed by atoms with Gasteiger partial charge in [-0.1, -0.05) is 47.5 Å². The lowest BCUT2D eigenvalue weighted by molar-refractivity contribution is -0.122. The van der Waals surface area contributed by atoms with Crippen molar-refractivity contribution in [2.24, 2.45) is 0 Å². The van der Waals surface area contributed by atoms with Gasteiger partial charge in [0.05, 0.1) is 15.7 Å². The average Bonchev–Trinajstić information content (AvgIpc) is 2.87. The van der Waals surface area contributed by atoms with Gasteiger partial charge >= 0.3 is 0 Å². The van der Waals surface area contributed by atoms with Crippen LogP contribution in [0.15, 0.2) is 42.5 Å². The molecule has 1 atom stereocenters. The Bertz CT molecular complexity index is 627. The number of para-hydroxylation sites is 2. The van der Waals surface area contributed by atoms with Gasteiger partial charge in [0.15, 0.2) is 6.10 Å². The van der Waals surface area contributed by atoms with Crippen LogP contribution in [0.2, 0.25) is 10.0 Å². The minimum Gasteiger partial charge on any atom is -0.480 e. The second kappa shape index (κ2) is 5.35. The zero-order valence-electron chi connectivity index (χ0n) is 10.4. The zero-order valence-corrected chi connectivity index (χ0v) is 11.9. The first-order valence-corrected chi connectivity index (χ1v) is 6.90. The first-order chi connectivity index (χ1) is 9.65. The summed E-state index contributed by atoms with van der Waals surface area (Å²) in [7, 11) is 0. The Morgan fingerprint density at radius 1 is 1.10 bits per heavy atom. The van der Waals surface area contributed by atoms with Gasteiger partial charge in [-0.25, -0.2) is 0 Å². The number of anilines is 1. The lowest BCUT2D eigenvalue weighted by Gasteiger charge is -2.13. The number of hydrogen-bond donors (Lipinski definition) is 1. The van der Waals surface area contributed by atoms with E-state index in [0.29, 0.717) is 22.2 Å². The van der Waals surface area contributed by atoms with E-state index in [4.69, 9.17) is 27.9 Å². The summed E-state index contributed by atoms with van der Waals surface area (Å²) in [6, 6.07) is 12.7. The molecule has 1 amide bonds. The van der Waals surface area contributed by atoms with Gasteiger partial charge in [0.2, 0.25) is 0 Å². The second-order valence-electron chi connectivity index (χ2n) is 4.50. The number of carbonyl (C=O) groups excluding carboxylic acids is 1. The van der Waals surface area contributed by atoms with Gasteiger partial charge in [-0.05, 0) is 23.8 Å². The van der Waals surface area contributed by atoms with E-state index in [0.717, 1.165) is 11.3 Å². The van der Waals surface area contributed by atoms with Crippen LogP contribution < -0.4 is 10.1 Å². The standard InChI is InChI=1S/C15H11Cl2NO2/c16-10-5-3-6-11(17)14(10)18-15(19)13-8-9-4-1-2-7-12(9)20-13/h1-7,13H,8H2,(H,18,19). The normalized spacial score (nSPS) is 16.4. The summed E-state index contributed by atoms with van der Waals surface area (Å²) < 4.78 is 5.62. The molecule has 3 rings (SSSR count). The Morgan fingerprint density at radius 3 is 2.50 bits per heavy atom. The number of fused-ring (bicyclic) bond motifs is 1. The molecule has 0 spiro atoms. The third-order valence-corrected chi connectivity index (χ3v) is 3.78. The summed E-state index contributed by atoms with van der Waals surface area (Å²) in [5, 5.41) is 3.54. The van der Waals surface area contributed by atoms with Crippen LogP contribution in [0.1, 0.15) is 5.56 Å². The average molecular weight is 308 g/mol. The van der Waals surface area contributed by atoms with Crippen LogP contribution in [-0.4, -0.2) is 12.0 Å². The fraction of sp³-hybridized carbons (Fsp3) is 0.133. The summed E-state index contributed by atoms with van der Waals surface area (Å²) >= 11 is 12.1. The molecule has 5 heteroatoms. The van der Waals surface area contributed by atoms with Crippen LogP contribution in [0.3, 0.4) is 0 Å². The first-order valence-electron chi connectivity index (χ1n) is 6.14. The molecule has 0 saturated heterocycles. The van der Waals surface area contributed by atoms with Crippen molar-refractivity contribution >= 4 is 34.8 Å². The van der Waals surface area contributed by atoms with Gasteiger partial charge < -0.3 is 10.1 Å². The van der Waals surface area contributed by atoms with Crippen molar-refractivity contribution in [2.75, 3.05) is 5.32 Å². The summed E-state index contributed by atoms with van der Waals surface area (Å²) in [6.45, 7) is 0. The van der Waals surface area contributed by atoms with Crippen LogP contribution in [-0.2, 0) is 11.2 Å². The number of rotatable bonds is 2. The molecule has 0 aromatic heterocycles. The highest BCUT2D eigenvalue weighted by atomic mass is 35.5. The van der Waals surface area contributed by atoms with E-state index in [2.05, 4.69) is 5.32 Å². The van der Waals surface area contributed by atoms with Gasteiger partial charge in [-0.3, -0.25) is 4.79 Å². The van der Waals surface area contributed by atoms with E-state index >= 15 is 0 Å². The minimum absolute atomic E-state index is 0.254. The van der Waals surface area contributed by atoms with Crippen LogP contribution in [0.25, 0.3) is 0 Å². The maximum absolute atomic E-state index is 12.2. The topological polar surface area (TPSA) is 38.3 Å². The number of halogens is 2. The van der Waals surface area contributed by atoms with Crippen LogP contribution >= 0.6 is 23.2 Å². The molecule has 0 radical (unpaired) electrons. The molecular weight excluding hydrogens is 297 g/mol. The molecular formula is C15H11Cl2NO2. The maximum atomic E-state index is 12.2. The quantitative estimate of drug-likeness (QED) is 0.912. The smallest absolute Gasteiger partial charge is 0.265 e. The predicted molar refractivity (Wildman–Crippen MR) is 79.7 cm³/mol. The molecule has 20 heavy (non-hydrogen) atoms. The Balaban J connectivity index is 1.76. The highest BCUT2D eigenvalue weighted by Crippen LogP contribution is 2.32. The van der Waals surface area contributed by atoms with E-state index in [1.54, 1.807) is 18.2 Å². The summed E-state index contributed by atoms with van der Waals surface area (Å²) in [4.78, 5) is 12.2. The number of nitrogens with one attached hydrogen (secondary N) is 1. The van der Waals surface area contributed by atoms with Crippen molar-refractivity contribution in [1.82, 2.24) is 0 Å². The van der Waals surface area contributed by atoms with Crippen molar-refractivity contribution < 1.29 is 9.53 Å². The van der Waals surface area contributed by atoms with Crippen LogP contribution in [0.5, 0.6) is 5.75 Å². The van der Waals surface area contributed by atoms with Gasteiger partial charge in [0.25, 0.3) is 5.91 Å². The lowest BCUT2D eigenvalue weighted by atomic mass is 10.1. The first kappa shape index (κ1) is 13.3. The Hall–Kier alpha value is -1.71. The highest BCUT2D eigenvalue weighted by molar-refractivity contribution is 6.39. The molecule has 1 aliphatic heterocycles. The molecule has 0 fully saturated rings. The fourth-order valence-corrected chi connectivity index (χ4v) is 2.64. The molecule has 1 aliphatic rings. The van der Waals surface area contributed by atoms with Gasteiger partial charge in [0, 0.05) is 6.42 Å². The van der Waals surface area contributed by atoms with Crippen molar-refractivity contribution in [2.45, 2.75) is 12.5 Å². The van der Waals surface area contributed by atoms with Crippen LogP contribution in [0.4, 0.5) is 5.69 Å². The summed E-state index contributed by atoms with van der Waals surface area (Å²) in [5.41, 5.74) is 1.44. The minimum atomic E-state index is -0.556. The van der Waals surface area contributed by atoms with Crippen molar-refractivity contribution in [3.05, 3.63) is 58.1 Å². The Labute approximate surface area is 126 Å². The summed E-state index contributed by atoms with van der Waals surface area (Å²) in [6.07, 6.45) is -0.0101. The molecule has 2 aromatic rings. The van der Waals surface area contributed by atoms with Crippen molar-refractivity contribution in [3.63, 3.8) is 0 Å². The predicted octanol–water partition coefficient (Wildman–Crippen LogP) is 3.94. The molecule has 3 nitrogen and oxygen atoms in total. The van der Waals surface area contributed by atoms with Gasteiger partial charge in [-0.15, -0.1) is 0 Å². The van der Waals surface area contributed by atoms with Gasteiger partial charge in [0.1, 0.15) is 5.75 Å². The van der Waals surface area contributed by atoms with E-state index < -0.39 is 6.10 Å². The van der Waals surface area contributed by atoms with Gasteiger partial charge in [-0.2, -0.15) is 0 Å². The van der Waals surface area contributed by atoms with E-state index in [-0.39, 0.29) is 5.91 Å². The van der Waals surface area contributed by atoms with E-state index in [1.807, 2.05) is 24.3 Å². The molecule has 0 aliphatic carbocycles. The maximum Gasteiger partial charge on any atom is 0.265 e. The molecule has 0 bridgehead atoms. The highest BCUT2D eigenvalue weighted by Gasteiger charge is 2.29. The Morgan fingerprint density at radius 2 is 1.80 bits per heavy atom. The lowest BCUT2D eigenvalue weighted by Crippen LogP contribution is -2.31. The number of amides is 1. The zero-order chi connectivity index (χ0) is 14.1. The Kier molecular flexibility index (Phi) is 3.55. The molecule has 1 unspecified atom stereocenters. The van der Waals surface area contributed by atoms with E-state index in [9.17, 15) is 4.79 Å². The number of carbonyl (C=O) groups is 1. The largest absolute Gasteiger partial charge is 0.480 e. The SMILES string of the molecule is O=C(Nc1c(Cl)cccc1Cl)C1Cc2ccccc2O1. The third-order valence-electron chi connectivity index (χ3n) is 3.15. The van der Waals surface area contributed by atoms with Crippen molar-refractivity contribution in [3.8, 4) is 5.75 Å². The monoisotopic (exact) mass is 307 g/mol. The molecule has 1 N–H and O–H groups in total. The second-order valence-corrected chi connectivity index (χ2v) is 5.32. The molecule has 102 valence electrons. The molecule has 0 saturated carbocycles. The van der Waals surface area contributed by atoms with Crippen molar-refractivity contribution in [1.29, 1.82) is 0 Å².